The molecule has 1 saturated heterocycles. The van der Waals surface area contributed by atoms with Gasteiger partial charge in [-0.25, -0.2) is 8.42 Å². The molecule has 2 aromatic carbocycles. The molecule has 0 radical (unpaired) electrons. The van der Waals surface area contributed by atoms with E-state index < -0.39 is 10.0 Å². The van der Waals surface area contributed by atoms with Gasteiger partial charge in [0.05, 0.1) is 4.90 Å². The number of aromatic nitrogens is 2. The van der Waals surface area contributed by atoms with Crippen molar-refractivity contribution in [2.45, 2.75) is 23.7 Å². The highest BCUT2D eigenvalue weighted by Gasteiger charge is 2.32. The van der Waals surface area contributed by atoms with Gasteiger partial charge >= 0.3 is 0 Å². The first-order valence-corrected chi connectivity index (χ1v) is 10.9. The number of hydrogen-bond acceptors (Lipinski definition) is 5. The Morgan fingerprint density at radius 3 is 2.37 bits per heavy atom. The molecule has 0 aliphatic carbocycles. The maximum atomic E-state index is 12.9. The maximum absolute atomic E-state index is 12.9. The maximum Gasteiger partial charge on any atom is 0.257 e. The van der Waals surface area contributed by atoms with Gasteiger partial charge in [0.2, 0.25) is 10.0 Å². The summed E-state index contributed by atoms with van der Waals surface area (Å²) in [4.78, 5) is 4.81. The second kappa shape index (κ2) is 7.53. The Morgan fingerprint density at radius 1 is 1.00 bits per heavy atom. The lowest BCUT2D eigenvalue weighted by Crippen LogP contribution is -2.38. The van der Waals surface area contributed by atoms with Crippen molar-refractivity contribution >= 4 is 26.0 Å². The van der Waals surface area contributed by atoms with Gasteiger partial charge in [0.25, 0.3) is 5.89 Å². The van der Waals surface area contributed by atoms with E-state index in [4.69, 9.17) is 4.52 Å². The molecule has 1 aliphatic heterocycles. The molecule has 0 atom stereocenters. The molecular formula is C19H18BrN3O3S. The zero-order valence-corrected chi connectivity index (χ0v) is 16.9. The number of rotatable bonds is 4. The van der Waals surface area contributed by atoms with Gasteiger partial charge in [0.15, 0.2) is 5.82 Å². The van der Waals surface area contributed by atoms with Gasteiger partial charge in [-0.05, 0) is 53.0 Å². The zero-order chi connectivity index (χ0) is 18.9. The summed E-state index contributed by atoms with van der Waals surface area (Å²) < 4.78 is 33.3. The van der Waals surface area contributed by atoms with E-state index in [1.807, 2.05) is 30.3 Å². The van der Waals surface area contributed by atoms with Crippen molar-refractivity contribution in [3.63, 3.8) is 0 Å². The van der Waals surface area contributed by atoms with Crippen LogP contribution in [0.25, 0.3) is 11.5 Å². The van der Waals surface area contributed by atoms with Crippen LogP contribution in [0.4, 0.5) is 0 Å². The van der Waals surface area contributed by atoms with Crippen molar-refractivity contribution in [3.8, 4) is 11.5 Å². The lowest BCUT2D eigenvalue weighted by molar-refractivity contribution is 0.307. The predicted molar refractivity (Wildman–Crippen MR) is 105 cm³/mol. The molecule has 0 saturated carbocycles. The van der Waals surface area contributed by atoms with E-state index in [2.05, 4.69) is 26.1 Å². The minimum atomic E-state index is -3.51. The van der Waals surface area contributed by atoms with Crippen LogP contribution in [-0.4, -0.2) is 36.0 Å². The van der Waals surface area contributed by atoms with Gasteiger partial charge in [-0.15, -0.1) is 0 Å². The van der Waals surface area contributed by atoms with Crippen LogP contribution in [0.5, 0.6) is 0 Å². The fraction of sp³-hybridized carbons (Fsp3) is 0.263. The summed E-state index contributed by atoms with van der Waals surface area (Å²) in [7, 11) is -3.51. The molecule has 0 bridgehead atoms. The van der Waals surface area contributed by atoms with Crippen LogP contribution in [0, 0.1) is 0 Å². The SMILES string of the molecule is O=S(=O)(c1ccccc1Br)N1CCC(c2noc(-c3ccccc3)n2)CC1. The third-order valence-corrected chi connectivity index (χ3v) is 7.65. The number of sulfonamides is 1. The lowest BCUT2D eigenvalue weighted by atomic mass is 9.97. The minimum absolute atomic E-state index is 0.0943. The van der Waals surface area contributed by atoms with Crippen molar-refractivity contribution in [1.29, 1.82) is 0 Å². The second-order valence-corrected chi connectivity index (χ2v) is 9.19. The average Bonchev–Trinajstić information content (AvgIpc) is 3.19. The third-order valence-electron chi connectivity index (χ3n) is 4.74. The van der Waals surface area contributed by atoms with Crippen LogP contribution < -0.4 is 0 Å². The summed E-state index contributed by atoms with van der Waals surface area (Å²) in [6, 6.07) is 16.5. The molecule has 8 heteroatoms. The van der Waals surface area contributed by atoms with Gasteiger partial charge in [-0.2, -0.15) is 9.29 Å². The van der Waals surface area contributed by atoms with Crippen molar-refractivity contribution in [3.05, 3.63) is 64.9 Å². The van der Waals surface area contributed by atoms with E-state index in [0.29, 0.717) is 47.0 Å². The highest BCUT2D eigenvalue weighted by molar-refractivity contribution is 9.10. The number of piperidine rings is 1. The second-order valence-electron chi connectivity index (χ2n) is 6.43. The molecule has 2 heterocycles. The summed E-state index contributed by atoms with van der Waals surface area (Å²) in [6.07, 6.45) is 1.33. The molecule has 1 fully saturated rings. The van der Waals surface area contributed by atoms with Crippen molar-refractivity contribution in [1.82, 2.24) is 14.4 Å². The number of nitrogens with zero attached hydrogens (tertiary/aromatic N) is 3. The molecule has 0 spiro atoms. The standard InChI is InChI=1S/C19H18BrN3O3S/c20-16-8-4-5-9-17(16)27(24,25)23-12-10-14(11-13-23)18-21-19(26-22-18)15-6-2-1-3-7-15/h1-9,14H,10-13H2. The highest BCUT2D eigenvalue weighted by atomic mass is 79.9. The first kappa shape index (κ1) is 18.3. The number of hydrogen-bond donors (Lipinski definition) is 0. The predicted octanol–water partition coefficient (Wildman–Crippen LogP) is 4.07. The Kier molecular flexibility index (Phi) is 5.12. The third kappa shape index (κ3) is 3.69. The number of halogens is 1. The van der Waals surface area contributed by atoms with Gasteiger partial charge in [-0.3, -0.25) is 0 Å². The molecule has 1 aromatic heterocycles. The van der Waals surface area contributed by atoms with Crippen molar-refractivity contribution in [2.75, 3.05) is 13.1 Å². The molecule has 0 N–H and O–H groups in total. The summed E-state index contributed by atoms with van der Waals surface area (Å²) in [5.74, 6) is 1.23. The molecule has 4 rings (SSSR count). The van der Waals surface area contributed by atoms with E-state index in [1.54, 1.807) is 24.3 Å². The Bertz CT molecular complexity index is 1030. The Labute approximate surface area is 166 Å². The molecule has 1 aliphatic rings. The molecule has 3 aromatic rings. The van der Waals surface area contributed by atoms with Crippen LogP contribution >= 0.6 is 15.9 Å². The summed E-state index contributed by atoms with van der Waals surface area (Å²) in [5.41, 5.74) is 0.880. The zero-order valence-electron chi connectivity index (χ0n) is 14.5. The van der Waals surface area contributed by atoms with Gasteiger partial charge < -0.3 is 4.52 Å². The van der Waals surface area contributed by atoms with Gasteiger partial charge in [0, 0.05) is 29.0 Å². The monoisotopic (exact) mass is 447 g/mol. The summed E-state index contributed by atoms with van der Waals surface area (Å²) in [5, 5.41) is 4.11. The van der Waals surface area contributed by atoms with Crippen LogP contribution in [0.3, 0.4) is 0 Å². The molecule has 0 unspecified atom stereocenters. The minimum Gasteiger partial charge on any atom is -0.334 e. The van der Waals surface area contributed by atoms with E-state index in [9.17, 15) is 8.42 Å². The van der Waals surface area contributed by atoms with E-state index in [-0.39, 0.29) is 5.92 Å². The topological polar surface area (TPSA) is 76.3 Å². The molecule has 6 nitrogen and oxygen atoms in total. The van der Waals surface area contributed by atoms with Crippen molar-refractivity contribution in [2.24, 2.45) is 0 Å². The van der Waals surface area contributed by atoms with E-state index >= 15 is 0 Å². The van der Waals surface area contributed by atoms with Crippen LogP contribution in [0.2, 0.25) is 0 Å². The van der Waals surface area contributed by atoms with Crippen LogP contribution in [0.15, 0.2) is 68.5 Å². The fourth-order valence-electron chi connectivity index (χ4n) is 3.25. The smallest absolute Gasteiger partial charge is 0.257 e. The molecule has 27 heavy (non-hydrogen) atoms. The van der Waals surface area contributed by atoms with Crippen LogP contribution in [0.1, 0.15) is 24.6 Å². The molecule has 0 amide bonds. The first-order valence-electron chi connectivity index (χ1n) is 8.69. The summed E-state index contributed by atoms with van der Waals surface area (Å²) >= 11 is 3.33. The first-order chi connectivity index (χ1) is 13.1. The summed E-state index contributed by atoms with van der Waals surface area (Å²) in [6.45, 7) is 0.868. The normalized spacial score (nSPS) is 16.5. The van der Waals surface area contributed by atoms with Gasteiger partial charge in [-0.1, -0.05) is 35.5 Å². The Morgan fingerprint density at radius 2 is 1.67 bits per heavy atom. The Hall–Kier alpha value is -2.03. The quantitative estimate of drug-likeness (QED) is 0.602. The fourth-order valence-corrected chi connectivity index (χ4v) is 5.68. The molecular weight excluding hydrogens is 430 g/mol. The van der Waals surface area contributed by atoms with Crippen LogP contribution in [-0.2, 0) is 10.0 Å². The van der Waals surface area contributed by atoms with Gasteiger partial charge in [0.1, 0.15) is 0 Å². The number of benzene rings is 2. The average molecular weight is 448 g/mol. The van der Waals surface area contributed by atoms with Crippen molar-refractivity contribution < 1.29 is 12.9 Å². The lowest BCUT2D eigenvalue weighted by Gasteiger charge is -2.30. The molecule has 140 valence electrons. The Balaban J connectivity index is 1.47. The van der Waals surface area contributed by atoms with E-state index in [0.717, 1.165) is 5.56 Å². The highest BCUT2D eigenvalue weighted by Crippen LogP contribution is 2.32. The largest absolute Gasteiger partial charge is 0.334 e. The van der Waals surface area contributed by atoms with E-state index in [1.165, 1.54) is 4.31 Å².